The Balaban J connectivity index is 1.76. The molecule has 1 heterocycles. The number of aromatic nitrogens is 1. The van der Waals surface area contributed by atoms with Gasteiger partial charge in [-0.25, -0.2) is 0 Å². The molecule has 0 atom stereocenters. The van der Waals surface area contributed by atoms with Gasteiger partial charge in [-0.05, 0) is 77.3 Å². The Morgan fingerprint density at radius 2 is 1.68 bits per heavy atom. The molecule has 0 amide bonds. The van der Waals surface area contributed by atoms with Gasteiger partial charge in [0.15, 0.2) is 0 Å². The summed E-state index contributed by atoms with van der Waals surface area (Å²) in [4.78, 5) is 15.2. The maximum absolute atomic E-state index is 12.2. The van der Waals surface area contributed by atoms with Crippen molar-refractivity contribution in [3.63, 3.8) is 0 Å². The van der Waals surface area contributed by atoms with E-state index >= 15 is 0 Å². The van der Waals surface area contributed by atoms with Crippen molar-refractivity contribution in [1.82, 2.24) is 4.98 Å². The first kappa shape index (κ1) is 16.8. The molecule has 0 saturated carbocycles. The lowest BCUT2D eigenvalue weighted by Crippen LogP contribution is -2.05. The van der Waals surface area contributed by atoms with Crippen molar-refractivity contribution in [3.05, 3.63) is 99.3 Å². The minimum atomic E-state index is -0.0649. The van der Waals surface area contributed by atoms with Gasteiger partial charge in [-0.3, -0.25) is 4.79 Å². The van der Waals surface area contributed by atoms with Gasteiger partial charge in [0.2, 0.25) is 5.56 Å². The Hall–Kier alpha value is -3.33. The van der Waals surface area contributed by atoms with Gasteiger partial charge >= 0.3 is 0 Å². The van der Waals surface area contributed by atoms with Crippen molar-refractivity contribution >= 4 is 16.6 Å². The zero-order chi connectivity index (χ0) is 19.1. The second-order valence-corrected chi connectivity index (χ2v) is 7.69. The normalized spacial score (nSPS) is 13.4. The zero-order valence-electron chi connectivity index (χ0n) is 15.7. The van der Waals surface area contributed by atoms with Gasteiger partial charge in [0.1, 0.15) is 0 Å². The van der Waals surface area contributed by atoms with Crippen molar-refractivity contribution in [2.75, 3.05) is 5.73 Å². The highest BCUT2D eigenvalue weighted by Gasteiger charge is 2.10. The lowest BCUT2D eigenvalue weighted by Gasteiger charge is -2.13. The molecule has 3 heteroatoms. The van der Waals surface area contributed by atoms with Crippen LogP contribution in [0, 0.1) is 0 Å². The van der Waals surface area contributed by atoms with Crippen LogP contribution >= 0.6 is 0 Å². The number of aromatic amines is 1. The zero-order valence-corrected chi connectivity index (χ0v) is 15.7. The Bertz CT molecular complexity index is 1250. The van der Waals surface area contributed by atoms with Crippen LogP contribution in [-0.4, -0.2) is 4.98 Å². The summed E-state index contributed by atoms with van der Waals surface area (Å²) in [6.07, 6.45) is 3.86. The number of benzene rings is 3. The Kier molecular flexibility index (Phi) is 4.01. The smallest absolute Gasteiger partial charge is 0.249 e. The second kappa shape index (κ2) is 6.68. The minimum Gasteiger partial charge on any atom is -0.399 e. The van der Waals surface area contributed by atoms with Crippen molar-refractivity contribution < 1.29 is 0 Å². The van der Waals surface area contributed by atoms with Gasteiger partial charge in [-0.2, -0.15) is 0 Å². The molecule has 3 N–H and O–H groups in total. The molecule has 0 radical (unpaired) electrons. The molecule has 3 aromatic carbocycles. The number of nitrogens with one attached hydrogen (secondary N) is 1. The standard InChI is InChI=1S/C25H22N2O/c26-23-9-7-17-11-18-8-10-24-22(14-18)21(15-25(28)27-24)19-5-1-3-16(12-19)4-2-6-20(23)13-17/h1,3,5,7-10,12-15H,2,4,6,11,26H2,(H,27,28). The summed E-state index contributed by atoms with van der Waals surface area (Å²) in [5.41, 5.74) is 15.0. The quantitative estimate of drug-likeness (QED) is 0.437. The number of rotatable bonds is 0. The molecule has 138 valence electrons. The highest BCUT2D eigenvalue weighted by molar-refractivity contribution is 5.94. The van der Waals surface area contributed by atoms with Crippen molar-refractivity contribution in [1.29, 1.82) is 0 Å². The average Bonchev–Trinajstić information content (AvgIpc) is 2.69. The lowest BCUT2D eigenvalue weighted by atomic mass is 9.93. The van der Waals surface area contributed by atoms with Crippen LogP contribution in [0.15, 0.2) is 71.5 Å². The molecule has 0 spiro atoms. The number of hydrogen-bond acceptors (Lipinski definition) is 2. The molecule has 0 aliphatic heterocycles. The summed E-state index contributed by atoms with van der Waals surface area (Å²) < 4.78 is 0. The maximum Gasteiger partial charge on any atom is 0.249 e. The number of aryl methyl sites for hydroxylation is 2. The average molecular weight is 366 g/mol. The lowest BCUT2D eigenvalue weighted by molar-refractivity contribution is 0.821. The predicted molar refractivity (Wildman–Crippen MR) is 116 cm³/mol. The molecule has 1 aliphatic carbocycles. The van der Waals surface area contributed by atoms with E-state index in [4.69, 9.17) is 5.73 Å². The summed E-state index contributed by atoms with van der Waals surface area (Å²) in [6, 6.07) is 23.0. The SMILES string of the molecule is Nc1ccc2cc1CCCc1cccc(c1)-c1cc(=O)[nH]c3ccc(cc13)C2. The van der Waals surface area contributed by atoms with Crippen LogP contribution in [0.3, 0.4) is 0 Å². The van der Waals surface area contributed by atoms with E-state index in [2.05, 4.69) is 53.5 Å². The molecule has 0 saturated heterocycles. The van der Waals surface area contributed by atoms with Gasteiger partial charge in [-0.1, -0.05) is 42.5 Å². The summed E-state index contributed by atoms with van der Waals surface area (Å²) in [5, 5.41) is 1.09. The first-order valence-corrected chi connectivity index (χ1v) is 9.78. The van der Waals surface area contributed by atoms with E-state index < -0.39 is 0 Å². The maximum atomic E-state index is 12.2. The fourth-order valence-corrected chi connectivity index (χ4v) is 4.25. The van der Waals surface area contributed by atoms with Gasteiger partial charge in [0.25, 0.3) is 0 Å². The van der Waals surface area contributed by atoms with Crippen molar-refractivity contribution in [2.45, 2.75) is 25.7 Å². The van der Waals surface area contributed by atoms with Crippen molar-refractivity contribution in [3.8, 4) is 11.1 Å². The summed E-state index contributed by atoms with van der Waals surface area (Å²) in [5.74, 6) is 0. The van der Waals surface area contributed by atoms with Gasteiger partial charge in [0, 0.05) is 22.7 Å². The van der Waals surface area contributed by atoms with Gasteiger partial charge < -0.3 is 10.7 Å². The number of pyridine rings is 1. The van der Waals surface area contributed by atoms with Crippen LogP contribution in [-0.2, 0) is 19.3 Å². The Morgan fingerprint density at radius 3 is 2.61 bits per heavy atom. The predicted octanol–water partition coefficient (Wildman–Crippen LogP) is 4.86. The first-order chi connectivity index (χ1) is 13.7. The fraction of sp³-hybridized carbons (Fsp3) is 0.160. The van der Waals surface area contributed by atoms with Crippen LogP contribution in [0.5, 0.6) is 0 Å². The molecule has 5 rings (SSSR count). The van der Waals surface area contributed by atoms with Gasteiger partial charge in [0.05, 0.1) is 0 Å². The van der Waals surface area contributed by atoms with E-state index in [-0.39, 0.29) is 5.56 Å². The van der Waals surface area contributed by atoms with Crippen LogP contribution in [0.25, 0.3) is 22.0 Å². The van der Waals surface area contributed by atoms with Crippen molar-refractivity contribution in [2.24, 2.45) is 0 Å². The molecule has 0 unspecified atom stereocenters. The molecule has 28 heavy (non-hydrogen) atoms. The molecule has 6 bridgehead atoms. The molecular formula is C25H22N2O. The first-order valence-electron chi connectivity index (χ1n) is 9.78. The van der Waals surface area contributed by atoms with E-state index in [0.29, 0.717) is 0 Å². The molecule has 4 aromatic rings. The highest BCUT2D eigenvalue weighted by Crippen LogP contribution is 2.29. The van der Waals surface area contributed by atoms with E-state index in [9.17, 15) is 4.79 Å². The largest absolute Gasteiger partial charge is 0.399 e. The van der Waals surface area contributed by atoms with Crippen LogP contribution < -0.4 is 11.3 Å². The third kappa shape index (κ3) is 3.09. The van der Waals surface area contributed by atoms with E-state index in [0.717, 1.165) is 53.4 Å². The number of fused-ring (bicyclic) bond motifs is 6. The number of anilines is 1. The number of nitrogens with two attached hydrogens (primary N) is 1. The van der Waals surface area contributed by atoms with Gasteiger partial charge in [-0.15, -0.1) is 0 Å². The third-order valence-electron chi connectivity index (χ3n) is 5.67. The highest BCUT2D eigenvalue weighted by atomic mass is 16.1. The number of nitrogen functional groups attached to an aromatic ring is 1. The number of hydrogen-bond donors (Lipinski definition) is 2. The van der Waals surface area contributed by atoms with Crippen LogP contribution in [0.1, 0.15) is 28.7 Å². The van der Waals surface area contributed by atoms with Crippen LogP contribution in [0.4, 0.5) is 5.69 Å². The van der Waals surface area contributed by atoms with Crippen LogP contribution in [0.2, 0.25) is 0 Å². The molecule has 3 nitrogen and oxygen atoms in total. The molecular weight excluding hydrogens is 344 g/mol. The van der Waals surface area contributed by atoms with E-state index in [1.54, 1.807) is 6.07 Å². The third-order valence-corrected chi connectivity index (χ3v) is 5.67. The summed E-state index contributed by atoms with van der Waals surface area (Å²) in [6.45, 7) is 0. The molecule has 0 fully saturated rings. The monoisotopic (exact) mass is 366 g/mol. The van der Waals surface area contributed by atoms with E-state index in [1.165, 1.54) is 22.3 Å². The second-order valence-electron chi connectivity index (χ2n) is 7.69. The topological polar surface area (TPSA) is 58.9 Å². The van der Waals surface area contributed by atoms with E-state index in [1.807, 2.05) is 12.1 Å². The summed E-state index contributed by atoms with van der Waals surface area (Å²) in [7, 11) is 0. The minimum absolute atomic E-state index is 0.0649. The Labute approximate surface area is 163 Å². The number of H-pyrrole nitrogens is 1. The molecule has 1 aliphatic rings. The molecule has 1 aromatic heterocycles. The fourth-order valence-electron chi connectivity index (χ4n) is 4.25. The summed E-state index contributed by atoms with van der Waals surface area (Å²) >= 11 is 0. The Morgan fingerprint density at radius 1 is 0.821 bits per heavy atom.